The summed E-state index contributed by atoms with van der Waals surface area (Å²) in [6.45, 7) is 21.5. The number of hydrogen-bond acceptors (Lipinski definition) is 5. The molecule has 1 unspecified atom stereocenters. The number of amides is 1. The zero-order chi connectivity index (χ0) is 26.5. The lowest BCUT2D eigenvalue weighted by molar-refractivity contribution is -0.117. The molecule has 1 aliphatic rings. The Balaban J connectivity index is 3.23. The van der Waals surface area contributed by atoms with E-state index in [0.29, 0.717) is 17.8 Å². The first-order valence-electron chi connectivity index (χ1n) is 11.5. The minimum absolute atomic E-state index is 0.124. The Hall–Kier alpha value is -3.64. The summed E-state index contributed by atoms with van der Waals surface area (Å²) in [7, 11) is 1.81. The smallest absolute Gasteiger partial charge is 0.251 e. The third-order valence-electron chi connectivity index (χ3n) is 5.63. The molecule has 35 heavy (non-hydrogen) atoms. The Labute approximate surface area is 210 Å². The molecular formula is C29H39N3O3. The van der Waals surface area contributed by atoms with Gasteiger partial charge in [-0.15, -0.1) is 0 Å². The van der Waals surface area contributed by atoms with Crippen molar-refractivity contribution in [2.45, 2.75) is 40.7 Å². The van der Waals surface area contributed by atoms with Crippen LogP contribution in [0.2, 0.25) is 0 Å². The van der Waals surface area contributed by atoms with E-state index in [9.17, 15) is 9.59 Å². The molecule has 1 rings (SSSR count). The monoisotopic (exact) mass is 477 g/mol. The first-order chi connectivity index (χ1) is 16.6. The van der Waals surface area contributed by atoms with Crippen LogP contribution in [0.3, 0.4) is 0 Å². The second kappa shape index (κ2) is 14.6. The van der Waals surface area contributed by atoms with Crippen LogP contribution in [0.1, 0.15) is 34.6 Å². The van der Waals surface area contributed by atoms with E-state index in [0.717, 1.165) is 40.1 Å². The van der Waals surface area contributed by atoms with E-state index in [1.54, 1.807) is 18.4 Å². The van der Waals surface area contributed by atoms with E-state index in [1.165, 1.54) is 0 Å². The molecule has 1 atom stereocenters. The number of hydrogen-bond donors (Lipinski definition) is 2. The van der Waals surface area contributed by atoms with Crippen LogP contribution in [-0.2, 0) is 14.3 Å². The zero-order valence-electron chi connectivity index (χ0n) is 21.9. The van der Waals surface area contributed by atoms with Gasteiger partial charge in [0.15, 0.2) is 0 Å². The lowest BCUT2D eigenvalue weighted by Gasteiger charge is -2.34. The highest BCUT2D eigenvalue weighted by atomic mass is 16.5. The molecule has 2 N–H and O–H groups in total. The average Bonchev–Trinajstić information content (AvgIpc) is 2.85. The fraction of sp³-hybridized carbons (Fsp3) is 0.310. The van der Waals surface area contributed by atoms with E-state index in [1.807, 2.05) is 70.9 Å². The van der Waals surface area contributed by atoms with Gasteiger partial charge in [0.05, 0.1) is 18.4 Å². The molecule has 1 heterocycles. The van der Waals surface area contributed by atoms with Gasteiger partial charge < -0.3 is 20.3 Å². The van der Waals surface area contributed by atoms with Crippen molar-refractivity contribution >= 4 is 12.2 Å². The van der Waals surface area contributed by atoms with Gasteiger partial charge in [0, 0.05) is 42.3 Å². The van der Waals surface area contributed by atoms with Crippen molar-refractivity contribution in [3.8, 4) is 0 Å². The third kappa shape index (κ3) is 8.26. The normalized spacial score (nSPS) is 17.1. The van der Waals surface area contributed by atoms with E-state index >= 15 is 0 Å². The molecule has 0 saturated carbocycles. The van der Waals surface area contributed by atoms with Crippen LogP contribution in [0.5, 0.6) is 0 Å². The summed E-state index contributed by atoms with van der Waals surface area (Å²) in [5.74, 6) is -0.268. The summed E-state index contributed by atoms with van der Waals surface area (Å²) in [5.41, 5.74) is 5.93. The third-order valence-corrected chi connectivity index (χ3v) is 5.63. The summed E-state index contributed by atoms with van der Waals surface area (Å²) in [5, 5.41) is 5.92. The van der Waals surface area contributed by atoms with Gasteiger partial charge in [0.1, 0.15) is 6.29 Å². The molecule has 0 aromatic heterocycles. The molecule has 0 saturated heterocycles. The number of nitrogens with one attached hydrogen (secondary N) is 2. The minimum atomic E-state index is -0.337. The van der Waals surface area contributed by atoms with E-state index in [4.69, 9.17) is 4.74 Å². The predicted molar refractivity (Wildman–Crippen MR) is 145 cm³/mol. The average molecular weight is 478 g/mol. The summed E-state index contributed by atoms with van der Waals surface area (Å²) >= 11 is 0. The summed E-state index contributed by atoms with van der Waals surface area (Å²) in [6.07, 6.45) is 13.1. The first kappa shape index (κ1) is 29.4. The van der Waals surface area contributed by atoms with E-state index < -0.39 is 0 Å². The molecule has 0 aromatic carbocycles. The molecule has 1 aliphatic heterocycles. The van der Waals surface area contributed by atoms with Crippen molar-refractivity contribution in [2.24, 2.45) is 0 Å². The maximum absolute atomic E-state index is 13.2. The van der Waals surface area contributed by atoms with Crippen LogP contribution in [-0.4, -0.2) is 43.4 Å². The van der Waals surface area contributed by atoms with E-state index in [-0.39, 0.29) is 18.6 Å². The Morgan fingerprint density at radius 3 is 2.51 bits per heavy atom. The molecule has 6 nitrogen and oxygen atoms in total. The number of ether oxygens (including phenoxy) is 1. The maximum Gasteiger partial charge on any atom is 0.251 e. The number of carbonyl (C=O) groups is 2. The maximum atomic E-state index is 13.2. The van der Waals surface area contributed by atoms with Crippen LogP contribution in [0, 0.1) is 0 Å². The van der Waals surface area contributed by atoms with Gasteiger partial charge in [-0.1, -0.05) is 44.0 Å². The van der Waals surface area contributed by atoms with Gasteiger partial charge in [-0.25, -0.2) is 0 Å². The van der Waals surface area contributed by atoms with Gasteiger partial charge in [-0.05, 0) is 63.5 Å². The second-order valence-corrected chi connectivity index (χ2v) is 8.13. The topological polar surface area (TPSA) is 70.7 Å². The number of aldehydes is 1. The molecule has 0 fully saturated rings. The van der Waals surface area contributed by atoms with Crippen molar-refractivity contribution in [2.75, 3.05) is 20.2 Å². The molecule has 0 aromatic rings. The highest BCUT2D eigenvalue weighted by molar-refractivity contribution is 5.99. The number of rotatable bonds is 13. The fourth-order valence-electron chi connectivity index (χ4n) is 3.54. The molecule has 0 aliphatic carbocycles. The standard InChI is InChI=1S/C29H39N3O3/c1-10-13-14-20(4)19-35-24(8)28-23(7)27(16-26(11-2)32(28)12-3)29(34)31-17-25(18-33)21(5)15-22(6)30-9/h10-16,18,24,30H,1,3-4,17,19H2,2,5-9H3,(H,31,34)/b14-13-,22-15-,25-21-,26-11-. The zero-order valence-corrected chi connectivity index (χ0v) is 21.9. The lowest BCUT2D eigenvalue weighted by Crippen LogP contribution is -2.34. The quantitative estimate of drug-likeness (QED) is 0.222. The van der Waals surface area contributed by atoms with Crippen LogP contribution >= 0.6 is 0 Å². The Bertz CT molecular complexity index is 1040. The van der Waals surface area contributed by atoms with E-state index in [2.05, 4.69) is 30.4 Å². The molecule has 1 amide bonds. The van der Waals surface area contributed by atoms with Crippen molar-refractivity contribution in [3.05, 3.63) is 107 Å². The van der Waals surface area contributed by atoms with Crippen molar-refractivity contribution in [1.29, 1.82) is 0 Å². The Morgan fingerprint density at radius 1 is 1.29 bits per heavy atom. The predicted octanol–water partition coefficient (Wildman–Crippen LogP) is 5.01. The molecular weight excluding hydrogens is 438 g/mol. The van der Waals surface area contributed by atoms with Gasteiger partial charge >= 0.3 is 0 Å². The molecule has 0 bridgehead atoms. The number of carbonyl (C=O) groups excluding carboxylic acids is 2. The van der Waals surface area contributed by atoms with Gasteiger partial charge in [-0.2, -0.15) is 0 Å². The number of nitrogens with zero attached hydrogens (tertiary/aromatic N) is 1. The minimum Gasteiger partial charge on any atom is -0.392 e. The van der Waals surface area contributed by atoms with Gasteiger partial charge in [0.2, 0.25) is 0 Å². The van der Waals surface area contributed by atoms with Crippen LogP contribution in [0.25, 0.3) is 0 Å². The molecule has 6 heteroatoms. The van der Waals surface area contributed by atoms with Crippen LogP contribution < -0.4 is 10.6 Å². The second-order valence-electron chi connectivity index (χ2n) is 8.13. The number of allylic oxidation sites excluding steroid dienone is 7. The Morgan fingerprint density at radius 2 is 1.97 bits per heavy atom. The van der Waals surface area contributed by atoms with Crippen LogP contribution in [0.4, 0.5) is 0 Å². The van der Waals surface area contributed by atoms with Crippen molar-refractivity contribution in [1.82, 2.24) is 15.5 Å². The lowest BCUT2D eigenvalue weighted by atomic mass is 9.95. The summed E-state index contributed by atoms with van der Waals surface area (Å²) in [4.78, 5) is 26.8. The van der Waals surface area contributed by atoms with Crippen molar-refractivity contribution in [3.63, 3.8) is 0 Å². The van der Waals surface area contributed by atoms with Gasteiger partial charge in [-0.3, -0.25) is 9.59 Å². The fourth-order valence-corrected chi connectivity index (χ4v) is 3.54. The SMILES string of the molecule is C=C/C=C\C(=C)COC(C)C1=C(C)C(C(=O)NC/C(C=O)=C(C)/C=C(/C)NC)=C/C(=C/C)N1C=C. The largest absolute Gasteiger partial charge is 0.392 e. The summed E-state index contributed by atoms with van der Waals surface area (Å²) < 4.78 is 6.07. The molecule has 0 radical (unpaired) electrons. The van der Waals surface area contributed by atoms with Gasteiger partial charge in [0.25, 0.3) is 5.91 Å². The first-order valence-corrected chi connectivity index (χ1v) is 11.5. The van der Waals surface area contributed by atoms with Crippen LogP contribution in [0.15, 0.2) is 107 Å². The molecule has 188 valence electrons. The summed E-state index contributed by atoms with van der Waals surface area (Å²) in [6, 6.07) is 0. The van der Waals surface area contributed by atoms with Crippen molar-refractivity contribution < 1.29 is 14.3 Å². The Kier molecular flexibility index (Phi) is 12.2. The highest BCUT2D eigenvalue weighted by Gasteiger charge is 2.28. The molecule has 0 spiro atoms. The highest BCUT2D eigenvalue weighted by Crippen LogP contribution is 2.32.